The SMILES string of the molecule is CCCc1cc(Oc2ccccc2)ccc1OCCCOc1cccc(C2OC(=O)C(CC)CC2=O)c1. The van der Waals surface area contributed by atoms with E-state index in [9.17, 15) is 9.59 Å². The van der Waals surface area contributed by atoms with E-state index < -0.39 is 6.10 Å². The van der Waals surface area contributed by atoms with Crippen molar-refractivity contribution in [2.24, 2.45) is 5.92 Å². The van der Waals surface area contributed by atoms with Crippen LogP contribution in [0.1, 0.15) is 56.8 Å². The number of rotatable bonds is 12. The molecule has 1 saturated heterocycles. The standard InChI is InChI=1S/C31H34O6/c1-3-10-23-19-27(36-25-12-6-5-7-13-25)15-16-29(23)35-18-9-17-34-26-14-8-11-24(20-26)30-28(32)21-22(4-2)31(33)37-30/h5-8,11-16,19-20,22,30H,3-4,9-10,17-18,21H2,1-2H3. The summed E-state index contributed by atoms with van der Waals surface area (Å²) in [7, 11) is 0. The third-order valence-electron chi connectivity index (χ3n) is 6.31. The summed E-state index contributed by atoms with van der Waals surface area (Å²) < 4.78 is 23.4. The molecular weight excluding hydrogens is 468 g/mol. The fourth-order valence-electron chi connectivity index (χ4n) is 4.32. The molecule has 4 rings (SSSR count). The van der Waals surface area contributed by atoms with Crippen molar-refractivity contribution in [3.05, 3.63) is 83.9 Å². The lowest BCUT2D eigenvalue weighted by molar-refractivity contribution is -0.167. The average molecular weight is 503 g/mol. The molecule has 2 atom stereocenters. The minimum atomic E-state index is -0.854. The van der Waals surface area contributed by atoms with Gasteiger partial charge in [0.25, 0.3) is 0 Å². The summed E-state index contributed by atoms with van der Waals surface area (Å²) in [5.41, 5.74) is 1.75. The molecule has 37 heavy (non-hydrogen) atoms. The summed E-state index contributed by atoms with van der Waals surface area (Å²) in [5.74, 6) is 2.36. The second-order valence-electron chi connectivity index (χ2n) is 9.15. The van der Waals surface area contributed by atoms with Crippen molar-refractivity contribution in [2.75, 3.05) is 13.2 Å². The van der Waals surface area contributed by atoms with Crippen LogP contribution in [0.4, 0.5) is 0 Å². The molecule has 0 aliphatic carbocycles. The van der Waals surface area contributed by atoms with Gasteiger partial charge in [-0.3, -0.25) is 9.59 Å². The quantitative estimate of drug-likeness (QED) is 0.199. The van der Waals surface area contributed by atoms with Crippen LogP contribution in [0.3, 0.4) is 0 Å². The van der Waals surface area contributed by atoms with E-state index in [0.717, 1.165) is 35.7 Å². The van der Waals surface area contributed by atoms with Crippen molar-refractivity contribution in [2.45, 2.75) is 52.1 Å². The van der Waals surface area contributed by atoms with Crippen LogP contribution in [-0.4, -0.2) is 25.0 Å². The zero-order chi connectivity index (χ0) is 26.0. The van der Waals surface area contributed by atoms with Gasteiger partial charge in [0.2, 0.25) is 0 Å². The minimum absolute atomic E-state index is 0.0694. The van der Waals surface area contributed by atoms with Gasteiger partial charge in [-0.25, -0.2) is 0 Å². The molecule has 3 aromatic rings. The van der Waals surface area contributed by atoms with Gasteiger partial charge >= 0.3 is 5.97 Å². The third kappa shape index (κ3) is 7.13. The maximum atomic E-state index is 12.5. The molecule has 1 heterocycles. The predicted molar refractivity (Wildman–Crippen MR) is 141 cm³/mol. The Labute approximate surface area is 218 Å². The van der Waals surface area contributed by atoms with E-state index in [1.807, 2.05) is 67.6 Å². The second kappa shape index (κ2) is 12.9. The second-order valence-corrected chi connectivity index (χ2v) is 9.15. The number of aryl methyl sites for hydroxylation is 1. The molecule has 0 bridgehead atoms. The molecule has 0 saturated carbocycles. The highest BCUT2D eigenvalue weighted by molar-refractivity contribution is 5.93. The largest absolute Gasteiger partial charge is 0.493 e. The van der Waals surface area contributed by atoms with Gasteiger partial charge in [-0.15, -0.1) is 0 Å². The van der Waals surface area contributed by atoms with Crippen molar-refractivity contribution in [1.29, 1.82) is 0 Å². The first-order valence-electron chi connectivity index (χ1n) is 13.0. The van der Waals surface area contributed by atoms with E-state index in [4.69, 9.17) is 18.9 Å². The molecule has 3 aromatic carbocycles. The van der Waals surface area contributed by atoms with E-state index in [-0.39, 0.29) is 24.1 Å². The van der Waals surface area contributed by atoms with Gasteiger partial charge in [-0.05, 0) is 60.9 Å². The van der Waals surface area contributed by atoms with Crippen molar-refractivity contribution in [3.63, 3.8) is 0 Å². The van der Waals surface area contributed by atoms with Crippen LogP contribution in [0.2, 0.25) is 0 Å². The molecule has 1 fully saturated rings. The molecule has 0 amide bonds. The number of cyclic esters (lactones) is 1. The Bertz CT molecular complexity index is 1190. The number of para-hydroxylation sites is 1. The van der Waals surface area contributed by atoms with Crippen molar-refractivity contribution < 1.29 is 28.5 Å². The van der Waals surface area contributed by atoms with Gasteiger partial charge < -0.3 is 18.9 Å². The first-order chi connectivity index (χ1) is 18.1. The highest BCUT2D eigenvalue weighted by atomic mass is 16.5. The number of hydrogen-bond acceptors (Lipinski definition) is 6. The Kier molecular flexibility index (Phi) is 9.19. The summed E-state index contributed by atoms with van der Waals surface area (Å²) in [4.78, 5) is 24.6. The average Bonchev–Trinajstić information content (AvgIpc) is 2.91. The van der Waals surface area contributed by atoms with Crippen LogP contribution in [0.5, 0.6) is 23.0 Å². The number of carbonyl (C=O) groups excluding carboxylic acids is 2. The van der Waals surface area contributed by atoms with Crippen LogP contribution in [-0.2, 0) is 20.7 Å². The smallest absolute Gasteiger partial charge is 0.310 e. The summed E-state index contributed by atoms with van der Waals surface area (Å²) >= 11 is 0. The lowest BCUT2D eigenvalue weighted by Crippen LogP contribution is -2.33. The molecule has 6 heteroatoms. The monoisotopic (exact) mass is 502 g/mol. The fourth-order valence-corrected chi connectivity index (χ4v) is 4.32. The summed E-state index contributed by atoms with van der Waals surface area (Å²) in [6.07, 6.45) is 2.56. The Morgan fingerprint density at radius 1 is 0.838 bits per heavy atom. The van der Waals surface area contributed by atoms with Crippen molar-refractivity contribution >= 4 is 11.8 Å². The van der Waals surface area contributed by atoms with Gasteiger partial charge in [0.1, 0.15) is 23.0 Å². The van der Waals surface area contributed by atoms with Crippen LogP contribution < -0.4 is 14.2 Å². The Hall–Kier alpha value is -3.80. The third-order valence-corrected chi connectivity index (χ3v) is 6.31. The van der Waals surface area contributed by atoms with Gasteiger partial charge in [-0.2, -0.15) is 0 Å². The molecule has 6 nitrogen and oxygen atoms in total. The number of ketones is 1. The number of hydrogen-bond donors (Lipinski definition) is 0. The van der Waals surface area contributed by atoms with E-state index in [2.05, 4.69) is 6.92 Å². The van der Waals surface area contributed by atoms with Crippen LogP contribution >= 0.6 is 0 Å². The van der Waals surface area contributed by atoms with Gasteiger partial charge in [0, 0.05) is 18.4 Å². The first kappa shape index (κ1) is 26.3. The minimum Gasteiger partial charge on any atom is -0.493 e. The van der Waals surface area contributed by atoms with Gasteiger partial charge in [-0.1, -0.05) is 50.6 Å². The van der Waals surface area contributed by atoms with E-state index in [1.54, 1.807) is 12.1 Å². The van der Waals surface area contributed by atoms with E-state index >= 15 is 0 Å². The maximum Gasteiger partial charge on any atom is 0.310 e. The van der Waals surface area contributed by atoms with E-state index in [1.165, 1.54) is 0 Å². The Morgan fingerprint density at radius 2 is 1.62 bits per heavy atom. The lowest BCUT2D eigenvalue weighted by Gasteiger charge is -2.26. The molecule has 0 aromatic heterocycles. The molecular formula is C31H34O6. The summed E-state index contributed by atoms with van der Waals surface area (Å²) in [6.45, 7) is 4.99. The molecule has 2 unspecified atom stereocenters. The molecule has 0 N–H and O–H groups in total. The van der Waals surface area contributed by atoms with Crippen molar-refractivity contribution in [3.8, 4) is 23.0 Å². The molecule has 194 valence electrons. The van der Waals surface area contributed by atoms with Crippen LogP contribution in [0.25, 0.3) is 0 Å². The topological polar surface area (TPSA) is 71.1 Å². The lowest BCUT2D eigenvalue weighted by atomic mass is 9.91. The van der Waals surface area contributed by atoms with Gasteiger partial charge in [0.05, 0.1) is 19.1 Å². The van der Waals surface area contributed by atoms with Crippen LogP contribution in [0.15, 0.2) is 72.8 Å². The number of ether oxygens (including phenoxy) is 4. The highest BCUT2D eigenvalue weighted by Crippen LogP contribution is 2.32. The number of esters is 1. The summed E-state index contributed by atoms with van der Waals surface area (Å²) in [6, 6.07) is 22.8. The van der Waals surface area contributed by atoms with E-state index in [0.29, 0.717) is 37.4 Å². The normalized spacial score (nSPS) is 17.2. The Morgan fingerprint density at radius 3 is 2.41 bits per heavy atom. The number of carbonyl (C=O) groups is 2. The molecule has 0 spiro atoms. The molecule has 1 aliphatic heterocycles. The Balaban J connectivity index is 1.28. The first-order valence-corrected chi connectivity index (χ1v) is 13.0. The summed E-state index contributed by atoms with van der Waals surface area (Å²) in [5, 5.41) is 0. The molecule has 0 radical (unpaired) electrons. The fraction of sp³-hybridized carbons (Fsp3) is 0.355. The zero-order valence-corrected chi connectivity index (χ0v) is 21.5. The number of benzene rings is 3. The van der Waals surface area contributed by atoms with Crippen molar-refractivity contribution in [1.82, 2.24) is 0 Å². The van der Waals surface area contributed by atoms with Crippen LogP contribution in [0, 0.1) is 5.92 Å². The zero-order valence-electron chi connectivity index (χ0n) is 21.5. The van der Waals surface area contributed by atoms with Gasteiger partial charge in [0.15, 0.2) is 11.9 Å². The maximum absolute atomic E-state index is 12.5. The predicted octanol–water partition coefficient (Wildman–Crippen LogP) is 6.86. The molecule has 1 aliphatic rings. The highest BCUT2D eigenvalue weighted by Gasteiger charge is 2.36. The number of Topliss-reactive ketones (excluding diaryl/α,β-unsaturated/α-hetero) is 1.